The average molecular weight is 352 g/mol. The Balaban J connectivity index is 1.33. The number of piperidine rings is 1. The highest BCUT2D eigenvalue weighted by atomic mass is 16.3. The van der Waals surface area contributed by atoms with Gasteiger partial charge in [-0.25, -0.2) is 0 Å². The van der Waals surface area contributed by atoms with Crippen LogP contribution in [0.4, 0.5) is 0 Å². The van der Waals surface area contributed by atoms with Gasteiger partial charge in [-0.1, -0.05) is 24.3 Å². The number of amides is 2. The van der Waals surface area contributed by atoms with Crippen molar-refractivity contribution >= 4 is 22.8 Å². The van der Waals surface area contributed by atoms with Crippen LogP contribution in [0.1, 0.15) is 49.1 Å². The van der Waals surface area contributed by atoms with E-state index in [4.69, 9.17) is 4.42 Å². The van der Waals surface area contributed by atoms with Gasteiger partial charge < -0.3 is 14.6 Å². The standard InChI is InChI=1S/C21H24N2O3/c24-20(23-13-5-8-15-6-1-3-9-17(15)23)11-12-22-21(25)19-14-16-7-2-4-10-18(16)26-19/h2,4,7,9-10,14-15H,1,3,5-6,8,11-13H2,(H,22,25). The summed E-state index contributed by atoms with van der Waals surface area (Å²) in [6.45, 7) is 1.13. The molecule has 5 nitrogen and oxygen atoms in total. The number of nitrogens with zero attached hydrogens (tertiary/aromatic N) is 1. The number of likely N-dealkylation sites (tertiary alicyclic amines) is 1. The Labute approximate surface area is 153 Å². The van der Waals surface area contributed by atoms with Gasteiger partial charge in [-0.05, 0) is 50.2 Å². The van der Waals surface area contributed by atoms with Crippen molar-refractivity contribution in [2.75, 3.05) is 13.1 Å². The van der Waals surface area contributed by atoms with Gasteiger partial charge in [0, 0.05) is 30.6 Å². The summed E-state index contributed by atoms with van der Waals surface area (Å²) < 4.78 is 5.56. The SMILES string of the molecule is O=C(NCCC(=O)N1CCCC2CCCC=C21)c1cc2ccccc2o1. The smallest absolute Gasteiger partial charge is 0.287 e. The van der Waals surface area contributed by atoms with Crippen molar-refractivity contribution in [1.82, 2.24) is 10.2 Å². The van der Waals surface area contributed by atoms with E-state index in [9.17, 15) is 9.59 Å². The zero-order valence-electron chi connectivity index (χ0n) is 14.9. The molecule has 2 amide bonds. The fraction of sp³-hybridized carbons (Fsp3) is 0.429. The number of hydrogen-bond acceptors (Lipinski definition) is 3. The largest absolute Gasteiger partial charge is 0.451 e. The Morgan fingerprint density at radius 3 is 2.92 bits per heavy atom. The molecular formula is C21H24N2O3. The maximum absolute atomic E-state index is 12.6. The van der Waals surface area contributed by atoms with Crippen LogP contribution in [0.15, 0.2) is 46.5 Å². The van der Waals surface area contributed by atoms with Gasteiger partial charge in [0.2, 0.25) is 5.91 Å². The topological polar surface area (TPSA) is 62.6 Å². The minimum atomic E-state index is -0.276. The van der Waals surface area contributed by atoms with Gasteiger partial charge in [-0.2, -0.15) is 0 Å². The summed E-state index contributed by atoms with van der Waals surface area (Å²) >= 11 is 0. The third-order valence-corrected chi connectivity index (χ3v) is 5.35. The molecule has 0 saturated carbocycles. The fourth-order valence-electron chi connectivity index (χ4n) is 4.04. The first-order valence-corrected chi connectivity index (χ1v) is 9.49. The minimum Gasteiger partial charge on any atom is -0.451 e. The summed E-state index contributed by atoms with van der Waals surface area (Å²) in [5.74, 6) is 0.661. The van der Waals surface area contributed by atoms with Gasteiger partial charge >= 0.3 is 0 Å². The summed E-state index contributed by atoms with van der Waals surface area (Å²) in [6.07, 6.45) is 8.30. The second-order valence-corrected chi connectivity index (χ2v) is 7.10. The van der Waals surface area contributed by atoms with Crippen LogP contribution in [-0.4, -0.2) is 29.8 Å². The van der Waals surface area contributed by atoms with Crippen molar-refractivity contribution in [2.45, 2.75) is 38.5 Å². The third kappa shape index (κ3) is 3.39. The van der Waals surface area contributed by atoms with Crippen molar-refractivity contribution in [1.29, 1.82) is 0 Å². The lowest BCUT2D eigenvalue weighted by Gasteiger charge is -2.38. The van der Waals surface area contributed by atoms with Gasteiger partial charge in [-0.3, -0.25) is 9.59 Å². The number of carbonyl (C=O) groups is 2. The Bertz CT molecular complexity index is 819. The molecule has 1 unspecified atom stereocenters. The van der Waals surface area contributed by atoms with E-state index in [0.717, 1.165) is 24.8 Å². The molecule has 1 aromatic heterocycles. The summed E-state index contributed by atoms with van der Waals surface area (Å²) in [5, 5.41) is 3.70. The number of nitrogens with one attached hydrogen (secondary N) is 1. The first-order valence-electron chi connectivity index (χ1n) is 9.49. The number of fused-ring (bicyclic) bond motifs is 2. The third-order valence-electron chi connectivity index (χ3n) is 5.35. The van der Waals surface area contributed by atoms with Crippen LogP contribution >= 0.6 is 0 Å². The summed E-state index contributed by atoms with van der Waals surface area (Å²) in [6, 6.07) is 9.25. The molecule has 1 aromatic carbocycles. The van der Waals surface area contributed by atoms with E-state index in [-0.39, 0.29) is 17.6 Å². The average Bonchev–Trinajstić information content (AvgIpc) is 3.11. The second-order valence-electron chi connectivity index (χ2n) is 7.10. The predicted molar refractivity (Wildman–Crippen MR) is 99.5 cm³/mol. The highest BCUT2D eigenvalue weighted by Crippen LogP contribution is 2.35. The molecule has 1 fully saturated rings. The highest BCUT2D eigenvalue weighted by Gasteiger charge is 2.29. The molecule has 4 rings (SSSR count). The lowest BCUT2D eigenvalue weighted by molar-refractivity contribution is -0.130. The van der Waals surface area contributed by atoms with E-state index in [1.807, 2.05) is 29.2 Å². The molecule has 26 heavy (non-hydrogen) atoms. The van der Waals surface area contributed by atoms with E-state index < -0.39 is 0 Å². The maximum Gasteiger partial charge on any atom is 0.287 e. The van der Waals surface area contributed by atoms with Crippen LogP contribution in [0, 0.1) is 5.92 Å². The molecule has 1 aliphatic heterocycles. The van der Waals surface area contributed by atoms with E-state index >= 15 is 0 Å². The van der Waals surface area contributed by atoms with Gasteiger partial charge in [-0.15, -0.1) is 0 Å². The normalized spacial score (nSPS) is 19.8. The Hall–Kier alpha value is -2.56. The van der Waals surface area contributed by atoms with Crippen LogP contribution in [0.2, 0.25) is 0 Å². The molecule has 2 aromatic rings. The molecular weight excluding hydrogens is 328 g/mol. The predicted octanol–water partition coefficient (Wildman–Crippen LogP) is 3.86. The van der Waals surface area contributed by atoms with Gasteiger partial charge in [0.1, 0.15) is 5.58 Å². The Kier molecular flexibility index (Phi) is 4.78. The number of hydrogen-bond donors (Lipinski definition) is 1. The first kappa shape index (κ1) is 16.9. The number of para-hydroxylation sites is 1. The molecule has 1 atom stereocenters. The lowest BCUT2D eigenvalue weighted by atomic mass is 9.85. The molecule has 0 spiro atoms. The number of carbonyl (C=O) groups excluding carboxylic acids is 2. The molecule has 1 N–H and O–H groups in total. The molecule has 1 saturated heterocycles. The van der Waals surface area contributed by atoms with Gasteiger partial charge in [0.25, 0.3) is 5.91 Å². The van der Waals surface area contributed by atoms with Gasteiger partial charge in [0.05, 0.1) is 0 Å². The van der Waals surface area contributed by atoms with Gasteiger partial charge in [0.15, 0.2) is 5.76 Å². The lowest BCUT2D eigenvalue weighted by Crippen LogP contribution is -2.40. The van der Waals surface area contributed by atoms with Crippen molar-refractivity contribution in [3.63, 3.8) is 0 Å². The zero-order chi connectivity index (χ0) is 17.9. The molecule has 0 bridgehead atoms. The fourth-order valence-corrected chi connectivity index (χ4v) is 4.04. The molecule has 0 radical (unpaired) electrons. The van der Waals surface area contributed by atoms with Crippen LogP contribution in [-0.2, 0) is 4.79 Å². The minimum absolute atomic E-state index is 0.104. The quantitative estimate of drug-likeness (QED) is 0.909. The summed E-state index contributed by atoms with van der Waals surface area (Å²) in [4.78, 5) is 26.8. The van der Waals surface area contributed by atoms with E-state index in [1.54, 1.807) is 6.07 Å². The van der Waals surface area contributed by atoms with Crippen LogP contribution in [0.25, 0.3) is 11.0 Å². The highest BCUT2D eigenvalue weighted by molar-refractivity contribution is 5.96. The van der Waals surface area contributed by atoms with Crippen LogP contribution in [0.3, 0.4) is 0 Å². The molecule has 2 heterocycles. The number of benzene rings is 1. The van der Waals surface area contributed by atoms with E-state index in [0.29, 0.717) is 24.5 Å². The van der Waals surface area contributed by atoms with Crippen molar-refractivity contribution in [2.24, 2.45) is 5.92 Å². The molecule has 1 aliphatic carbocycles. The van der Waals surface area contributed by atoms with Crippen molar-refractivity contribution in [3.8, 4) is 0 Å². The van der Waals surface area contributed by atoms with E-state index in [1.165, 1.54) is 25.0 Å². The summed E-state index contributed by atoms with van der Waals surface area (Å²) in [7, 11) is 0. The molecule has 136 valence electrons. The monoisotopic (exact) mass is 352 g/mol. The van der Waals surface area contributed by atoms with Crippen molar-refractivity contribution in [3.05, 3.63) is 47.9 Å². The first-order chi connectivity index (χ1) is 12.7. The second kappa shape index (κ2) is 7.36. The van der Waals surface area contributed by atoms with Crippen LogP contribution in [0.5, 0.6) is 0 Å². The van der Waals surface area contributed by atoms with Crippen molar-refractivity contribution < 1.29 is 14.0 Å². The number of furan rings is 1. The van der Waals surface area contributed by atoms with Crippen LogP contribution < -0.4 is 5.32 Å². The number of rotatable bonds is 4. The zero-order valence-corrected chi connectivity index (χ0v) is 14.9. The molecule has 2 aliphatic rings. The maximum atomic E-state index is 12.6. The number of allylic oxidation sites excluding steroid dienone is 2. The Morgan fingerprint density at radius 1 is 1.19 bits per heavy atom. The molecule has 5 heteroatoms. The summed E-state index contributed by atoms with van der Waals surface area (Å²) in [5.41, 5.74) is 1.91. The van der Waals surface area contributed by atoms with E-state index in [2.05, 4.69) is 11.4 Å². The Morgan fingerprint density at radius 2 is 2.04 bits per heavy atom.